The zero-order valence-corrected chi connectivity index (χ0v) is 13.9. The summed E-state index contributed by atoms with van der Waals surface area (Å²) >= 11 is 0. The molecule has 4 rings (SSSR count). The number of rotatable bonds is 4. The number of aromatic nitrogens is 3. The fourth-order valence-corrected chi connectivity index (χ4v) is 3.57. The van der Waals surface area contributed by atoms with Crippen LogP contribution in [0.1, 0.15) is 29.8 Å². The van der Waals surface area contributed by atoms with E-state index >= 15 is 0 Å². The molecule has 0 saturated heterocycles. The van der Waals surface area contributed by atoms with E-state index in [-0.39, 0.29) is 30.5 Å². The topological polar surface area (TPSA) is 89.2 Å². The molecule has 0 amide bonds. The lowest BCUT2D eigenvalue weighted by Crippen LogP contribution is -2.28. The number of fused-ring (bicyclic) bond motifs is 4. The van der Waals surface area contributed by atoms with Crippen molar-refractivity contribution in [3.63, 3.8) is 0 Å². The van der Waals surface area contributed by atoms with Gasteiger partial charge in [-0.25, -0.2) is 4.79 Å². The molecule has 7 nitrogen and oxygen atoms in total. The summed E-state index contributed by atoms with van der Waals surface area (Å²) in [5, 5.41) is 11.6. The van der Waals surface area contributed by atoms with Gasteiger partial charge in [0.15, 0.2) is 0 Å². The lowest BCUT2D eigenvalue weighted by atomic mass is 10.0. The first-order valence-electron chi connectivity index (χ1n) is 8.26. The number of carbonyl (C=O) groups excluding carboxylic acids is 1. The normalized spacial score (nSPS) is 12.8. The largest absolute Gasteiger partial charge is 0.493 e. The average molecular weight is 341 g/mol. The number of nitrogens with one attached hydrogen (secondary N) is 1. The van der Waals surface area contributed by atoms with Gasteiger partial charge in [-0.15, -0.1) is 0 Å². The maximum absolute atomic E-state index is 12.6. The van der Waals surface area contributed by atoms with E-state index in [4.69, 9.17) is 0 Å². The van der Waals surface area contributed by atoms with E-state index in [1.165, 1.54) is 11.7 Å². The molecular weight excluding hydrogens is 322 g/mol. The third-order valence-corrected chi connectivity index (χ3v) is 4.85. The molecule has 25 heavy (non-hydrogen) atoms. The molecule has 0 unspecified atom stereocenters. The minimum Gasteiger partial charge on any atom is -0.493 e. The minimum absolute atomic E-state index is 0.00852. The summed E-state index contributed by atoms with van der Waals surface area (Å²) in [6.07, 6.45) is 1.16. The Morgan fingerprint density at radius 1 is 1.36 bits per heavy atom. The third-order valence-electron chi connectivity index (χ3n) is 4.85. The highest BCUT2D eigenvalue weighted by molar-refractivity contribution is 5.85. The first kappa shape index (κ1) is 15.6. The number of aromatic amines is 1. The summed E-state index contributed by atoms with van der Waals surface area (Å²) in [6, 6.07) is 8.00. The van der Waals surface area contributed by atoms with E-state index in [2.05, 4.69) is 9.72 Å². The van der Waals surface area contributed by atoms with Crippen LogP contribution in [0.5, 0.6) is 5.88 Å². The Balaban J connectivity index is 1.66. The molecule has 0 radical (unpaired) electrons. The quantitative estimate of drug-likeness (QED) is 0.553. The molecular formula is C18H19N3O4. The van der Waals surface area contributed by atoms with Gasteiger partial charge >= 0.3 is 11.7 Å². The van der Waals surface area contributed by atoms with Crippen LogP contribution >= 0.6 is 0 Å². The number of nitrogens with zero attached hydrogens (tertiary/aromatic N) is 2. The summed E-state index contributed by atoms with van der Waals surface area (Å²) in [4.78, 5) is 27.2. The van der Waals surface area contributed by atoms with Gasteiger partial charge < -0.3 is 14.8 Å². The van der Waals surface area contributed by atoms with Crippen LogP contribution in [0, 0.1) is 0 Å². The molecule has 0 atom stereocenters. The van der Waals surface area contributed by atoms with Gasteiger partial charge in [0, 0.05) is 36.0 Å². The number of esters is 1. The Morgan fingerprint density at radius 3 is 2.96 bits per heavy atom. The van der Waals surface area contributed by atoms with Crippen LogP contribution in [0.4, 0.5) is 0 Å². The van der Waals surface area contributed by atoms with Crippen molar-refractivity contribution in [2.75, 3.05) is 7.11 Å². The summed E-state index contributed by atoms with van der Waals surface area (Å²) < 4.78 is 7.55. The van der Waals surface area contributed by atoms with Crippen LogP contribution in [0.15, 0.2) is 29.1 Å². The Bertz CT molecular complexity index is 1030. The number of hydrogen-bond acceptors (Lipinski definition) is 4. The minimum atomic E-state index is -0.321. The van der Waals surface area contributed by atoms with Gasteiger partial charge in [-0.2, -0.15) is 0 Å². The van der Waals surface area contributed by atoms with Crippen LogP contribution in [-0.4, -0.2) is 32.3 Å². The molecule has 0 aliphatic carbocycles. The summed E-state index contributed by atoms with van der Waals surface area (Å²) in [6.45, 7) is 0.699. The molecule has 3 aromatic rings. The van der Waals surface area contributed by atoms with Crippen LogP contribution in [0.2, 0.25) is 0 Å². The van der Waals surface area contributed by atoms with Crippen molar-refractivity contribution in [3.8, 4) is 5.88 Å². The summed E-state index contributed by atoms with van der Waals surface area (Å²) in [5.41, 5.74) is 3.54. The summed E-state index contributed by atoms with van der Waals surface area (Å²) in [5.74, 6) is -0.330. The molecule has 7 heteroatoms. The van der Waals surface area contributed by atoms with E-state index in [0.717, 1.165) is 22.2 Å². The molecule has 0 bridgehead atoms. The van der Waals surface area contributed by atoms with Crippen molar-refractivity contribution in [3.05, 3.63) is 51.7 Å². The number of carbonyl (C=O) groups is 1. The van der Waals surface area contributed by atoms with Crippen LogP contribution in [0.3, 0.4) is 0 Å². The van der Waals surface area contributed by atoms with Crippen molar-refractivity contribution in [2.45, 2.75) is 32.4 Å². The molecule has 130 valence electrons. The number of methoxy groups -OCH3 is 1. The molecule has 0 fully saturated rings. The van der Waals surface area contributed by atoms with Crippen LogP contribution < -0.4 is 5.69 Å². The number of para-hydroxylation sites is 1. The highest BCUT2D eigenvalue weighted by atomic mass is 16.5. The molecule has 2 aromatic heterocycles. The van der Waals surface area contributed by atoms with Gasteiger partial charge in [0.05, 0.1) is 19.3 Å². The first-order chi connectivity index (χ1) is 12.1. The molecule has 1 aliphatic rings. The predicted molar refractivity (Wildman–Crippen MR) is 91.8 cm³/mol. The summed E-state index contributed by atoms with van der Waals surface area (Å²) in [7, 11) is 1.33. The van der Waals surface area contributed by atoms with E-state index in [1.807, 2.05) is 24.3 Å². The molecule has 0 spiro atoms. The number of ether oxygens (including phenoxy) is 1. The number of benzene rings is 1. The Labute approximate surface area is 143 Å². The number of H-pyrrole nitrogens is 1. The van der Waals surface area contributed by atoms with Gasteiger partial charge in [0.1, 0.15) is 0 Å². The second-order valence-electron chi connectivity index (χ2n) is 6.27. The van der Waals surface area contributed by atoms with Gasteiger partial charge in [-0.1, -0.05) is 18.2 Å². The van der Waals surface area contributed by atoms with Gasteiger partial charge in [0.2, 0.25) is 5.88 Å². The van der Waals surface area contributed by atoms with E-state index in [9.17, 15) is 14.7 Å². The second-order valence-corrected chi connectivity index (χ2v) is 6.27. The standard InChI is InChI=1S/C18H19N3O4/c1-25-16(22)7-4-8-20-17(23)15-9-12-11-5-2-3-6-13(11)19-14(12)10-21(15)18(20)24/h2-3,5-6,19,23H,4,7-10H2,1H3. The highest BCUT2D eigenvalue weighted by Crippen LogP contribution is 2.32. The Hall–Kier alpha value is -2.96. The zero-order chi connectivity index (χ0) is 17.6. The van der Waals surface area contributed by atoms with Gasteiger partial charge in [0.25, 0.3) is 0 Å². The predicted octanol–water partition coefficient (Wildman–Crippen LogP) is 1.74. The lowest BCUT2D eigenvalue weighted by Gasteiger charge is -2.14. The average Bonchev–Trinajstić information content (AvgIpc) is 3.10. The smallest absolute Gasteiger partial charge is 0.331 e. The number of aromatic hydroxyl groups is 1. The maximum atomic E-state index is 12.6. The SMILES string of the molecule is COC(=O)CCCn1c(O)c2n(c1=O)Cc1[nH]c3ccccc3c1C2. The third kappa shape index (κ3) is 2.43. The van der Waals surface area contributed by atoms with E-state index < -0.39 is 0 Å². The van der Waals surface area contributed by atoms with Crippen molar-refractivity contribution >= 4 is 16.9 Å². The fourth-order valence-electron chi connectivity index (χ4n) is 3.57. The molecule has 0 saturated carbocycles. The maximum Gasteiger partial charge on any atom is 0.331 e. The monoisotopic (exact) mass is 341 g/mol. The van der Waals surface area contributed by atoms with Gasteiger partial charge in [-0.05, 0) is 18.1 Å². The number of imidazole rings is 1. The Morgan fingerprint density at radius 2 is 2.16 bits per heavy atom. The lowest BCUT2D eigenvalue weighted by molar-refractivity contribution is -0.140. The van der Waals surface area contributed by atoms with Crippen molar-refractivity contribution in [1.29, 1.82) is 0 Å². The molecule has 2 N–H and O–H groups in total. The van der Waals surface area contributed by atoms with Crippen LogP contribution in [0.25, 0.3) is 10.9 Å². The van der Waals surface area contributed by atoms with E-state index in [0.29, 0.717) is 25.1 Å². The van der Waals surface area contributed by atoms with E-state index in [1.54, 1.807) is 4.57 Å². The fraction of sp³-hybridized carbons (Fsp3) is 0.333. The molecule has 3 heterocycles. The number of hydrogen-bond donors (Lipinski definition) is 2. The zero-order valence-electron chi connectivity index (χ0n) is 13.9. The molecule has 1 aliphatic heterocycles. The van der Waals surface area contributed by atoms with Crippen molar-refractivity contribution in [1.82, 2.24) is 14.1 Å². The van der Waals surface area contributed by atoms with Gasteiger partial charge in [-0.3, -0.25) is 13.9 Å². The first-order valence-corrected chi connectivity index (χ1v) is 8.26. The highest BCUT2D eigenvalue weighted by Gasteiger charge is 2.27. The van der Waals surface area contributed by atoms with Crippen molar-refractivity contribution < 1.29 is 14.6 Å². The van der Waals surface area contributed by atoms with Crippen LogP contribution in [-0.2, 0) is 29.0 Å². The Kier molecular flexibility index (Phi) is 3.63. The molecule has 1 aromatic carbocycles. The van der Waals surface area contributed by atoms with Crippen molar-refractivity contribution in [2.24, 2.45) is 0 Å². The second kappa shape index (κ2) is 5.84.